The number of carbonyl (C=O) groups excluding carboxylic acids is 1. The maximum Gasteiger partial charge on any atom is 0.295 e. The Morgan fingerprint density at radius 2 is 1.68 bits per heavy atom. The van der Waals surface area contributed by atoms with Crippen LogP contribution in [0.15, 0.2) is 60.7 Å². The first-order valence-electron chi connectivity index (χ1n) is 9.39. The largest absolute Gasteiger partial charge is 0.319 e. The summed E-state index contributed by atoms with van der Waals surface area (Å²) in [6, 6.07) is 18.0. The number of nitrogens with one attached hydrogen (secondary N) is 1. The Morgan fingerprint density at radius 1 is 0.935 bits per heavy atom. The van der Waals surface area contributed by atoms with Gasteiger partial charge in [0.15, 0.2) is 5.82 Å². The first-order valence-corrected chi connectivity index (χ1v) is 10.5. The van der Waals surface area contributed by atoms with Crippen molar-refractivity contribution in [3.63, 3.8) is 0 Å². The van der Waals surface area contributed by atoms with Crippen LogP contribution in [0.1, 0.15) is 21.7 Å². The van der Waals surface area contributed by atoms with Crippen molar-refractivity contribution in [2.45, 2.75) is 13.8 Å². The van der Waals surface area contributed by atoms with Crippen LogP contribution in [-0.4, -0.2) is 20.7 Å². The highest BCUT2D eigenvalue weighted by Crippen LogP contribution is 2.27. The van der Waals surface area contributed by atoms with Gasteiger partial charge < -0.3 is 5.32 Å². The molecule has 0 aliphatic rings. The molecule has 1 amide bonds. The summed E-state index contributed by atoms with van der Waals surface area (Å²) < 4.78 is 1.59. The van der Waals surface area contributed by atoms with Crippen LogP contribution in [0.4, 0.5) is 5.69 Å². The third-order valence-corrected chi connectivity index (χ3v) is 5.90. The lowest BCUT2D eigenvalue weighted by Crippen LogP contribution is -2.15. The van der Waals surface area contributed by atoms with E-state index in [-0.39, 0.29) is 5.82 Å². The predicted octanol–water partition coefficient (Wildman–Crippen LogP) is 6.76. The highest BCUT2D eigenvalue weighted by atomic mass is 35.5. The van der Waals surface area contributed by atoms with Crippen LogP contribution < -0.4 is 5.32 Å². The van der Waals surface area contributed by atoms with Crippen molar-refractivity contribution in [1.82, 2.24) is 14.8 Å². The minimum atomic E-state index is -0.447. The average Bonchev–Trinajstić information content (AvgIpc) is 3.19. The Labute approximate surface area is 194 Å². The Kier molecular flexibility index (Phi) is 6.01. The minimum absolute atomic E-state index is 0.0148. The molecule has 0 unspecified atom stereocenters. The fourth-order valence-electron chi connectivity index (χ4n) is 3.01. The van der Waals surface area contributed by atoms with Crippen LogP contribution in [-0.2, 0) is 0 Å². The lowest BCUT2D eigenvalue weighted by molar-refractivity contribution is 0.101. The summed E-state index contributed by atoms with van der Waals surface area (Å²) in [5.41, 5.74) is 3.74. The van der Waals surface area contributed by atoms with Gasteiger partial charge in [0.25, 0.3) is 5.91 Å². The summed E-state index contributed by atoms with van der Waals surface area (Å²) in [7, 11) is 0. The van der Waals surface area contributed by atoms with Crippen LogP contribution in [0.5, 0.6) is 0 Å². The molecule has 0 aliphatic carbocycles. The number of benzene rings is 3. The van der Waals surface area contributed by atoms with Gasteiger partial charge >= 0.3 is 0 Å². The summed E-state index contributed by atoms with van der Waals surface area (Å²) >= 11 is 18.5. The van der Waals surface area contributed by atoms with Gasteiger partial charge in [-0.1, -0.05) is 46.9 Å². The second-order valence-corrected chi connectivity index (χ2v) is 8.23. The molecule has 4 aromatic rings. The van der Waals surface area contributed by atoms with E-state index in [2.05, 4.69) is 15.4 Å². The van der Waals surface area contributed by atoms with E-state index in [0.29, 0.717) is 32.3 Å². The van der Waals surface area contributed by atoms with Gasteiger partial charge in [-0.3, -0.25) is 4.79 Å². The van der Waals surface area contributed by atoms with Gasteiger partial charge in [-0.15, -0.1) is 5.10 Å². The van der Waals surface area contributed by atoms with Crippen molar-refractivity contribution in [3.8, 4) is 17.1 Å². The molecule has 1 heterocycles. The van der Waals surface area contributed by atoms with Crippen LogP contribution in [0.2, 0.25) is 15.1 Å². The minimum Gasteiger partial charge on any atom is -0.319 e. The van der Waals surface area contributed by atoms with Crippen molar-refractivity contribution in [1.29, 1.82) is 0 Å². The second kappa shape index (κ2) is 8.71. The number of hydrogen-bond donors (Lipinski definition) is 1. The van der Waals surface area contributed by atoms with Gasteiger partial charge in [0.05, 0.1) is 5.69 Å². The highest BCUT2D eigenvalue weighted by molar-refractivity contribution is 6.32. The number of carbonyl (C=O) groups is 1. The smallest absolute Gasteiger partial charge is 0.295 e. The number of halogens is 3. The van der Waals surface area contributed by atoms with Crippen LogP contribution in [0, 0.1) is 13.8 Å². The zero-order valence-corrected chi connectivity index (χ0v) is 18.9. The standard InChI is InChI=1S/C23H17Cl3N4O/c1-13-6-11-17(12-19(13)26)30-22(15-7-9-16(24)10-8-15)28-21(29-30)23(31)27-20-5-3-4-18(25)14(20)2/h3-12H,1-2H3,(H,27,31). The first-order chi connectivity index (χ1) is 14.8. The summed E-state index contributed by atoms with van der Waals surface area (Å²) in [5, 5.41) is 9.05. The van der Waals surface area contributed by atoms with E-state index in [0.717, 1.165) is 16.7 Å². The summed E-state index contributed by atoms with van der Waals surface area (Å²) in [6.07, 6.45) is 0. The topological polar surface area (TPSA) is 59.8 Å². The summed E-state index contributed by atoms with van der Waals surface area (Å²) in [4.78, 5) is 17.4. The zero-order chi connectivity index (χ0) is 22.1. The zero-order valence-electron chi connectivity index (χ0n) is 16.7. The number of hydrogen-bond acceptors (Lipinski definition) is 3. The third kappa shape index (κ3) is 4.44. The number of anilines is 1. The van der Waals surface area contributed by atoms with E-state index in [1.807, 2.05) is 38.1 Å². The van der Waals surface area contributed by atoms with E-state index in [9.17, 15) is 4.79 Å². The molecule has 5 nitrogen and oxygen atoms in total. The molecule has 0 bridgehead atoms. The first kappa shape index (κ1) is 21.4. The molecule has 0 fully saturated rings. The number of aryl methyl sites for hydroxylation is 1. The molecule has 156 valence electrons. The number of amides is 1. The monoisotopic (exact) mass is 470 g/mol. The van der Waals surface area contributed by atoms with E-state index >= 15 is 0 Å². The van der Waals surface area contributed by atoms with Crippen molar-refractivity contribution < 1.29 is 4.79 Å². The van der Waals surface area contributed by atoms with Gasteiger partial charge in [0.2, 0.25) is 5.82 Å². The molecule has 1 aromatic heterocycles. The van der Waals surface area contributed by atoms with Crippen LogP contribution >= 0.6 is 34.8 Å². The Balaban J connectivity index is 1.78. The van der Waals surface area contributed by atoms with E-state index in [1.165, 1.54) is 0 Å². The van der Waals surface area contributed by atoms with Gasteiger partial charge in [-0.2, -0.15) is 0 Å². The molecular formula is C23H17Cl3N4O. The molecule has 0 atom stereocenters. The normalized spacial score (nSPS) is 10.9. The van der Waals surface area contributed by atoms with E-state index in [1.54, 1.807) is 41.1 Å². The van der Waals surface area contributed by atoms with E-state index in [4.69, 9.17) is 34.8 Å². The summed E-state index contributed by atoms with van der Waals surface area (Å²) in [6.45, 7) is 3.75. The Morgan fingerprint density at radius 3 is 2.39 bits per heavy atom. The molecular weight excluding hydrogens is 455 g/mol. The molecule has 8 heteroatoms. The lowest BCUT2D eigenvalue weighted by Gasteiger charge is -2.08. The quantitative estimate of drug-likeness (QED) is 0.357. The Hall–Kier alpha value is -2.86. The fraction of sp³-hybridized carbons (Fsp3) is 0.0870. The van der Waals surface area contributed by atoms with Gasteiger partial charge in [0.1, 0.15) is 0 Å². The highest BCUT2D eigenvalue weighted by Gasteiger charge is 2.20. The second-order valence-electron chi connectivity index (χ2n) is 6.98. The van der Waals surface area contributed by atoms with Gasteiger partial charge in [-0.05, 0) is 73.5 Å². The molecule has 0 saturated heterocycles. The summed E-state index contributed by atoms with van der Waals surface area (Å²) in [5.74, 6) is 0.0584. The molecule has 0 saturated carbocycles. The molecule has 0 spiro atoms. The van der Waals surface area contributed by atoms with E-state index < -0.39 is 5.91 Å². The van der Waals surface area contributed by atoms with Crippen LogP contribution in [0.25, 0.3) is 17.1 Å². The lowest BCUT2D eigenvalue weighted by atomic mass is 10.2. The van der Waals surface area contributed by atoms with Crippen molar-refractivity contribution in [3.05, 3.63) is 92.7 Å². The predicted molar refractivity (Wildman–Crippen MR) is 126 cm³/mol. The fourth-order valence-corrected chi connectivity index (χ4v) is 3.48. The molecule has 3 aromatic carbocycles. The molecule has 4 rings (SSSR count). The third-order valence-electron chi connectivity index (χ3n) is 4.83. The SMILES string of the molecule is Cc1ccc(-n2nc(C(=O)Nc3cccc(Cl)c3C)nc2-c2ccc(Cl)cc2)cc1Cl. The molecule has 0 radical (unpaired) electrons. The van der Waals surface area contributed by atoms with Crippen molar-refractivity contribution in [2.24, 2.45) is 0 Å². The average molecular weight is 472 g/mol. The van der Waals surface area contributed by atoms with Crippen LogP contribution in [0.3, 0.4) is 0 Å². The van der Waals surface area contributed by atoms with Crippen molar-refractivity contribution >= 4 is 46.4 Å². The van der Waals surface area contributed by atoms with Crippen molar-refractivity contribution in [2.75, 3.05) is 5.32 Å². The number of nitrogens with zero attached hydrogens (tertiary/aromatic N) is 3. The molecule has 1 N–H and O–H groups in total. The number of rotatable bonds is 4. The molecule has 0 aliphatic heterocycles. The van der Waals surface area contributed by atoms with Gasteiger partial charge in [0, 0.05) is 26.3 Å². The Bertz CT molecular complexity index is 1280. The molecule has 31 heavy (non-hydrogen) atoms. The maximum atomic E-state index is 12.9. The van der Waals surface area contributed by atoms with Gasteiger partial charge in [-0.25, -0.2) is 9.67 Å². The maximum absolute atomic E-state index is 12.9. The number of aromatic nitrogens is 3.